The van der Waals surface area contributed by atoms with E-state index in [9.17, 15) is 13.2 Å². The van der Waals surface area contributed by atoms with Crippen LogP contribution in [0.2, 0.25) is 0 Å². The molecule has 0 bridgehead atoms. The lowest BCUT2D eigenvalue weighted by molar-refractivity contribution is 0.363. The van der Waals surface area contributed by atoms with Crippen molar-refractivity contribution in [1.82, 2.24) is 0 Å². The molecule has 134 valence electrons. The van der Waals surface area contributed by atoms with Crippen LogP contribution in [0.1, 0.15) is 19.4 Å². The Kier molecular flexibility index (Phi) is 5.31. The van der Waals surface area contributed by atoms with Gasteiger partial charge in [0.25, 0.3) is 0 Å². The number of rotatable bonds is 5. The van der Waals surface area contributed by atoms with Crippen molar-refractivity contribution in [2.24, 2.45) is 0 Å². The highest BCUT2D eigenvalue weighted by molar-refractivity contribution is 5.89. The maximum absolute atomic E-state index is 14.9. The van der Waals surface area contributed by atoms with Crippen LogP contribution in [0.25, 0.3) is 21.9 Å². The van der Waals surface area contributed by atoms with Crippen LogP contribution in [0.4, 0.5) is 13.2 Å². The summed E-state index contributed by atoms with van der Waals surface area (Å²) in [6.07, 6.45) is 4.10. The first-order valence-corrected chi connectivity index (χ1v) is 8.50. The lowest BCUT2D eigenvalue weighted by Gasteiger charge is -2.11. The van der Waals surface area contributed by atoms with Gasteiger partial charge in [0.1, 0.15) is 18.2 Å². The van der Waals surface area contributed by atoms with Gasteiger partial charge < -0.3 is 4.74 Å². The van der Waals surface area contributed by atoms with Crippen molar-refractivity contribution in [1.29, 1.82) is 0 Å². The van der Waals surface area contributed by atoms with E-state index in [1.807, 2.05) is 19.1 Å². The number of hydrogen-bond acceptors (Lipinski definition) is 1. The molecule has 0 saturated heterocycles. The summed E-state index contributed by atoms with van der Waals surface area (Å²) in [5.41, 5.74) is 1.03. The van der Waals surface area contributed by atoms with Gasteiger partial charge in [0.2, 0.25) is 0 Å². The normalized spacial score (nSPS) is 11.4. The zero-order chi connectivity index (χ0) is 18.7. The second kappa shape index (κ2) is 7.65. The predicted octanol–water partition coefficient (Wildman–Crippen LogP) is 6.44. The molecule has 3 aromatic rings. The van der Waals surface area contributed by atoms with E-state index in [1.54, 1.807) is 43.3 Å². The van der Waals surface area contributed by atoms with Crippen molar-refractivity contribution in [3.8, 4) is 16.9 Å². The molecule has 4 heteroatoms. The van der Waals surface area contributed by atoms with Gasteiger partial charge in [-0.1, -0.05) is 43.3 Å². The van der Waals surface area contributed by atoms with E-state index in [-0.39, 0.29) is 16.5 Å². The number of hydrogen-bond donors (Lipinski definition) is 0. The molecule has 0 fully saturated rings. The highest BCUT2D eigenvalue weighted by atomic mass is 19.2. The number of fused-ring (bicyclic) bond motifs is 1. The van der Waals surface area contributed by atoms with Crippen molar-refractivity contribution in [3.63, 3.8) is 0 Å². The quantitative estimate of drug-likeness (QED) is 0.478. The van der Waals surface area contributed by atoms with Crippen molar-refractivity contribution in [3.05, 3.63) is 77.6 Å². The van der Waals surface area contributed by atoms with Crippen LogP contribution in [0.15, 0.2) is 54.6 Å². The largest absolute Gasteiger partial charge is 0.490 e. The van der Waals surface area contributed by atoms with Gasteiger partial charge in [-0.15, -0.1) is 0 Å². The number of aryl methyl sites for hydroxylation is 1. The van der Waals surface area contributed by atoms with Gasteiger partial charge in [-0.25, -0.2) is 13.2 Å². The van der Waals surface area contributed by atoms with Gasteiger partial charge in [-0.2, -0.15) is 0 Å². The molecule has 0 unspecified atom stereocenters. The van der Waals surface area contributed by atoms with Gasteiger partial charge in [0.05, 0.1) is 5.39 Å². The minimum absolute atomic E-state index is 0.222. The first-order valence-electron chi connectivity index (χ1n) is 8.50. The van der Waals surface area contributed by atoms with Gasteiger partial charge in [0.15, 0.2) is 11.6 Å². The van der Waals surface area contributed by atoms with Gasteiger partial charge in [0, 0.05) is 5.56 Å². The summed E-state index contributed by atoms with van der Waals surface area (Å²) >= 11 is 0. The molecule has 3 aromatic carbocycles. The lowest BCUT2D eigenvalue weighted by atomic mass is 9.97. The molecular weight excluding hydrogens is 337 g/mol. The topological polar surface area (TPSA) is 9.23 Å². The molecule has 26 heavy (non-hydrogen) atoms. The fourth-order valence-electron chi connectivity index (χ4n) is 2.89. The molecular formula is C22H19F3O. The first-order chi connectivity index (χ1) is 12.6. The van der Waals surface area contributed by atoms with Crippen LogP contribution in [-0.2, 0) is 6.42 Å². The van der Waals surface area contributed by atoms with E-state index in [2.05, 4.69) is 0 Å². The Morgan fingerprint density at radius 2 is 1.65 bits per heavy atom. The van der Waals surface area contributed by atoms with Crippen LogP contribution in [0, 0.1) is 17.5 Å². The minimum Gasteiger partial charge on any atom is -0.490 e. The Balaban J connectivity index is 2.03. The molecule has 0 aliphatic rings. The Labute approximate surface area is 150 Å². The molecule has 0 N–H and O–H groups in total. The molecule has 0 aromatic heterocycles. The summed E-state index contributed by atoms with van der Waals surface area (Å²) in [4.78, 5) is 0. The SMILES string of the molecule is CC=CCOc1ccc(-c2ccc3cc(CC)c(F)c(F)c3c2F)cc1. The monoisotopic (exact) mass is 356 g/mol. The summed E-state index contributed by atoms with van der Waals surface area (Å²) in [7, 11) is 0. The average Bonchev–Trinajstić information content (AvgIpc) is 2.65. The maximum atomic E-state index is 14.9. The van der Waals surface area contributed by atoms with Crippen molar-refractivity contribution in [2.45, 2.75) is 20.3 Å². The summed E-state index contributed by atoms with van der Waals surface area (Å²) in [5.74, 6) is -2.23. The molecule has 0 aliphatic heterocycles. The third-order valence-electron chi connectivity index (χ3n) is 4.33. The highest BCUT2D eigenvalue weighted by Crippen LogP contribution is 2.33. The van der Waals surface area contributed by atoms with E-state index in [0.717, 1.165) is 0 Å². The van der Waals surface area contributed by atoms with Crippen LogP contribution in [-0.4, -0.2) is 6.61 Å². The fourth-order valence-corrected chi connectivity index (χ4v) is 2.89. The second-order valence-corrected chi connectivity index (χ2v) is 5.95. The molecule has 0 amide bonds. The predicted molar refractivity (Wildman–Crippen MR) is 98.9 cm³/mol. The van der Waals surface area contributed by atoms with E-state index in [1.165, 1.54) is 6.07 Å². The maximum Gasteiger partial charge on any atom is 0.169 e. The summed E-state index contributed by atoms with van der Waals surface area (Å²) in [6.45, 7) is 4.08. The van der Waals surface area contributed by atoms with Crippen molar-refractivity contribution in [2.75, 3.05) is 6.61 Å². The molecule has 0 aliphatic carbocycles. The lowest BCUT2D eigenvalue weighted by Crippen LogP contribution is -1.98. The minimum atomic E-state index is -1.13. The van der Waals surface area contributed by atoms with Gasteiger partial charge in [-0.05, 0) is 48.1 Å². The first kappa shape index (κ1) is 18.1. The standard InChI is InChI=1S/C22H19F3O/c1-3-5-12-26-17-9-6-15(7-10-17)18-11-8-16-13-14(4-2)20(23)22(25)19(16)21(18)24/h3,5-11,13H,4,12H2,1-2H3. The zero-order valence-corrected chi connectivity index (χ0v) is 14.7. The zero-order valence-electron chi connectivity index (χ0n) is 14.7. The Morgan fingerprint density at radius 3 is 2.31 bits per heavy atom. The fraction of sp³-hybridized carbons (Fsp3) is 0.182. The average molecular weight is 356 g/mol. The van der Waals surface area contributed by atoms with Crippen LogP contribution < -0.4 is 4.74 Å². The smallest absolute Gasteiger partial charge is 0.169 e. The third kappa shape index (κ3) is 3.32. The van der Waals surface area contributed by atoms with Crippen LogP contribution >= 0.6 is 0 Å². The molecule has 0 saturated carbocycles. The van der Waals surface area contributed by atoms with Gasteiger partial charge in [-0.3, -0.25) is 0 Å². The number of halogens is 3. The summed E-state index contributed by atoms with van der Waals surface area (Å²) in [5, 5.41) is 0.0407. The van der Waals surface area contributed by atoms with E-state index in [0.29, 0.717) is 29.7 Å². The van der Waals surface area contributed by atoms with Crippen LogP contribution in [0.5, 0.6) is 5.75 Å². The van der Waals surface area contributed by atoms with Crippen molar-refractivity contribution < 1.29 is 17.9 Å². The van der Waals surface area contributed by atoms with E-state index >= 15 is 0 Å². The third-order valence-corrected chi connectivity index (χ3v) is 4.33. The molecule has 0 heterocycles. The molecule has 3 rings (SSSR count). The number of benzene rings is 3. The number of ether oxygens (including phenoxy) is 1. The number of allylic oxidation sites excluding steroid dienone is 1. The Hall–Kier alpha value is -2.75. The van der Waals surface area contributed by atoms with Crippen LogP contribution in [0.3, 0.4) is 0 Å². The summed E-state index contributed by atoms with van der Waals surface area (Å²) < 4.78 is 48.9. The Bertz CT molecular complexity index is 960. The van der Waals surface area contributed by atoms with Gasteiger partial charge >= 0.3 is 0 Å². The van der Waals surface area contributed by atoms with E-state index in [4.69, 9.17) is 4.74 Å². The molecule has 0 radical (unpaired) electrons. The molecule has 0 spiro atoms. The second-order valence-electron chi connectivity index (χ2n) is 5.95. The highest BCUT2D eigenvalue weighted by Gasteiger charge is 2.18. The molecule has 1 nitrogen and oxygen atoms in total. The summed E-state index contributed by atoms with van der Waals surface area (Å²) in [6, 6.07) is 11.5. The van der Waals surface area contributed by atoms with Crippen molar-refractivity contribution >= 4 is 10.8 Å². The Morgan fingerprint density at radius 1 is 0.923 bits per heavy atom. The van der Waals surface area contributed by atoms with E-state index < -0.39 is 17.5 Å². The molecule has 0 atom stereocenters.